The molecule has 1 saturated heterocycles. The van der Waals surface area contributed by atoms with Gasteiger partial charge in [0, 0.05) is 26.2 Å². The Morgan fingerprint density at radius 1 is 1.36 bits per heavy atom. The summed E-state index contributed by atoms with van der Waals surface area (Å²) >= 11 is 0. The summed E-state index contributed by atoms with van der Waals surface area (Å²) in [4.78, 5) is 6.88. The van der Waals surface area contributed by atoms with Crippen molar-refractivity contribution in [1.29, 1.82) is 0 Å². The van der Waals surface area contributed by atoms with Gasteiger partial charge in [-0.2, -0.15) is 0 Å². The van der Waals surface area contributed by atoms with Crippen molar-refractivity contribution in [3.8, 4) is 0 Å². The van der Waals surface area contributed by atoms with E-state index in [1.54, 1.807) is 0 Å². The van der Waals surface area contributed by atoms with Gasteiger partial charge in [0.05, 0.1) is 0 Å². The molecule has 1 fully saturated rings. The maximum Gasteiger partial charge on any atom is 0.191 e. The second kappa shape index (κ2) is 10.7. The van der Waals surface area contributed by atoms with Crippen molar-refractivity contribution in [2.75, 3.05) is 33.2 Å². The van der Waals surface area contributed by atoms with Crippen LogP contribution in [0.25, 0.3) is 0 Å². The molecule has 22 heavy (non-hydrogen) atoms. The number of nitrogens with one attached hydrogen (secondary N) is 2. The first-order valence-corrected chi connectivity index (χ1v) is 8.53. The fourth-order valence-corrected chi connectivity index (χ4v) is 2.76. The van der Waals surface area contributed by atoms with Crippen LogP contribution in [0.5, 0.6) is 0 Å². The van der Waals surface area contributed by atoms with Crippen LogP contribution >= 0.6 is 24.0 Å². The summed E-state index contributed by atoms with van der Waals surface area (Å²) in [6.45, 7) is 16.1. The molecule has 5 heteroatoms. The molecule has 1 heterocycles. The van der Waals surface area contributed by atoms with Crippen molar-refractivity contribution in [3.05, 3.63) is 0 Å². The molecule has 0 radical (unpaired) electrons. The topological polar surface area (TPSA) is 39.7 Å². The summed E-state index contributed by atoms with van der Waals surface area (Å²) in [7, 11) is 1.86. The van der Waals surface area contributed by atoms with E-state index < -0.39 is 0 Å². The maximum atomic E-state index is 4.35. The summed E-state index contributed by atoms with van der Waals surface area (Å²) < 4.78 is 0. The van der Waals surface area contributed by atoms with Crippen molar-refractivity contribution in [2.24, 2.45) is 16.3 Å². The van der Waals surface area contributed by atoms with E-state index in [2.05, 4.69) is 55.1 Å². The summed E-state index contributed by atoms with van der Waals surface area (Å²) in [5.74, 6) is 1.71. The van der Waals surface area contributed by atoms with Crippen molar-refractivity contribution < 1.29 is 0 Å². The van der Waals surface area contributed by atoms with Crippen LogP contribution in [-0.4, -0.2) is 50.1 Å². The Hall–Kier alpha value is -0.0400. The first-order valence-electron chi connectivity index (χ1n) is 8.53. The third kappa shape index (κ3) is 9.18. The SMILES string of the molecule is CCN1CCC(CNC(=NC)NC(C)CCC(C)(C)C)C1.I. The van der Waals surface area contributed by atoms with Gasteiger partial charge in [-0.25, -0.2) is 0 Å². The highest BCUT2D eigenvalue weighted by molar-refractivity contribution is 14.0. The minimum absolute atomic E-state index is 0. The molecule has 0 aromatic rings. The van der Waals surface area contributed by atoms with E-state index in [0.717, 1.165) is 18.4 Å². The van der Waals surface area contributed by atoms with Gasteiger partial charge in [-0.1, -0.05) is 27.7 Å². The predicted octanol–water partition coefficient (Wildman–Crippen LogP) is 3.33. The number of hydrogen-bond donors (Lipinski definition) is 2. The Morgan fingerprint density at radius 2 is 2.05 bits per heavy atom. The molecule has 132 valence electrons. The monoisotopic (exact) mass is 424 g/mol. The minimum Gasteiger partial charge on any atom is -0.356 e. The second-order valence-electron chi connectivity index (χ2n) is 7.65. The number of likely N-dealkylation sites (tertiary alicyclic amines) is 1. The lowest BCUT2D eigenvalue weighted by molar-refractivity contribution is 0.340. The molecule has 0 aliphatic carbocycles. The van der Waals surface area contributed by atoms with Crippen molar-refractivity contribution in [1.82, 2.24) is 15.5 Å². The van der Waals surface area contributed by atoms with E-state index >= 15 is 0 Å². The van der Waals surface area contributed by atoms with E-state index in [4.69, 9.17) is 0 Å². The smallest absolute Gasteiger partial charge is 0.191 e. The highest BCUT2D eigenvalue weighted by Gasteiger charge is 2.21. The van der Waals surface area contributed by atoms with Gasteiger partial charge in [-0.15, -0.1) is 24.0 Å². The Balaban J connectivity index is 0.00000441. The van der Waals surface area contributed by atoms with Crippen LogP contribution < -0.4 is 10.6 Å². The average Bonchev–Trinajstić information content (AvgIpc) is 2.88. The largest absolute Gasteiger partial charge is 0.356 e. The zero-order valence-electron chi connectivity index (χ0n) is 15.4. The van der Waals surface area contributed by atoms with Crippen LogP contribution in [0.2, 0.25) is 0 Å². The van der Waals surface area contributed by atoms with E-state index in [9.17, 15) is 0 Å². The fourth-order valence-electron chi connectivity index (χ4n) is 2.76. The summed E-state index contributed by atoms with van der Waals surface area (Å²) in [6, 6.07) is 0.464. The summed E-state index contributed by atoms with van der Waals surface area (Å²) in [5.41, 5.74) is 0.403. The number of guanidine groups is 1. The lowest BCUT2D eigenvalue weighted by Crippen LogP contribution is -2.44. The molecule has 2 N–H and O–H groups in total. The molecule has 1 aliphatic heterocycles. The second-order valence-corrected chi connectivity index (χ2v) is 7.65. The molecule has 0 aromatic carbocycles. The molecule has 2 atom stereocenters. The molecule has 0 saturated carbocycles. The third-order valence-corrected chi connectivity index (χ3v) is 4.31. The predicted molar refractivity (Wildman–Crippen MR) is 108 cm³/mol. The third-order valence-electron chi connectivity index (χ3n) is 4.31. The van der Waals surface area contributed by atoms with Gasteiger partial charge in [-0.05, 0) is 50.6 Å². The fraction of sp³-hybridized carbons (Fsp3) is 0.941. The highest BCUT2D eigenvalue weighted by Crippen LogP contribution is 2.21. The molecular formula is C17H37IN4. The number of halogens is 1. The molecule has 0 amide bonds. The van der Waals surface area contributed by atoms with E-state index in [1.165, 1.54) is 38.9 Å². The standard InChI is InChI=1S/C17H36N4.HI/c1-7-21-11-9-15(13-21)12-19-16(18-6)20-14(2)8-10-17(3,4)5;/h14-15H,7-13H2,1-6H3,(H2,18,19,20);1H. The first kappa shape index (κ1) is 22.0. The van der Waals surface area contributed by atoms with Gasteiger partial charge >= 0.3 is 0 Å². The number of nitrogens with zero attached hydrogens (tertiary/aromatic N) is 2. The van der Waals surface area contributed by atoms with E-state index in [0.29, 0.717) is 11.5 Å². The molecule has 2 unspecified atom stereocenters. The molecule has 4 nitrogen and oxygen atoms in total. The van der Waals surface area contributed by atoms with Crippen LogP contribution in [-0.2, 0) is 0 Å². The lowest BCUT2D eigenvalue weighted by atomic mass is 9.89. The quantitative estimate of drug-likeness (QED) is 0.391. The molecule has 1 rings (SSSR count). The average molecular weight is 424 g/mol. The molecule has 0 bridgehead atoms. The van der Waals surface area contributed by atoms with Crippen molar-refractivity contribution in [3.63, 3.8) is 0 Å². The molecule has 1 aliphatic rings. The minimum atomic E-state index is 0. The van der Waals surface area contributed by atoms with Gasteiger partial charge in [0.25, 0.3) is 0 Å². The zero-order valence-corrected chi connectivity index (χ0v) is 17.7. The van der Waals surface area contributed by atoms with Crippen LogP contribution in [0.4, 0.5) is 0 Å². The Kier molecular flexibility index (Phi) is 10.7. The Morgan fingerprint density at radius 3 is 2.55 bits per heavy atom. The number of hydrogen-bond acceptors (Lipinski definition) is 2. The Labute approximate surface area is 154 Å². The van der Waals surface area contributed by atoms with E-state index in [-0.39, 0.29) is 24.0 Å². The lowest BCUT2D eigenvalue weighted by Gasteiger charge is -2.23. The first-order chi connectivity index (χ1) is 9.84. The van der Waals surface area contributed by atoms with Gasteiger partial charge in [0.1, 0.15) is 0 Å². The zero-order chi connectivity index (χ0) is 15.9. The van der Waals surface area contributed by atoms with Gasteiger partial charge in [0.2, 0.25) is 0 Å². The normalized spacial score (nSPS) is 21.4. The van der Waals surface area contributed by atoms with E-state index in [1.807, 2.05) is 7.05 Å². The molecule has 0 spiro atoms. The van der Waals surface area contributed by atoms with Crippen molar-refractivity contribution in [2.45, 2.75) is 59.9 Å². The maximum absolute atomic E-state index is 4.35. The van der Waals surface area contributed by atoms with Gasteiger partial charge in [0.15, 0.2) is 5.96 Å². The number of aliphatic imine (C=N–C) groups is 1. The van der Waals surface area contributed by atoms with Crippen LogP contribution in [0.1, 0.15) is 53.9 Å². The van der Waals surface area contributed by atoms with Gasteiger partial charge in [-0.3, -0.25) is 4.99 Å². The Bertz CT molecular complexity index is 325. The molecule has 0 aromatic heterocycles. The number of rotatable bonds is 6. The van der Waals surface area contributed by atoms with Crippen LogP contribution in [0, 0.1) is 11.3 Å². The molecular weight excluding hydrogens is 387 g/mol. The van der Waals surface area contributed by atoms with Crippen LogP contribution in [0.15, 0.2) is 4.99 Å². The van der Waals surface area contributed by atoms with Gasteiger partial charge < -0.3 is 15.5 Å². The van der Waals surface area contributed by atoms with Crippen molar-refractivity contribution >= 4 is 29.9 Å². The summed E-state index contributed by atoms with van der Waals surface area (Å²) in [6.07, 6.45) is 3.71. The highest BCUT2D eigenvalue weighted by atomic mass is 127. The van der Waals surface area contributed by atoms with Crippen LogP contribution in [0.3, 0.4) is 0 Å². The summed E-state index contributed by atoms with van der Waals surface area (Å²) in [5, 5.41) is 7.01.